The predicted octanol–water partition coefficient (Wildman–Crippen LogP) is 2.81. The summed E-state index contributed by atoms with van der Waals surface area (Å²) in [5.41, 5.74) is -2.13. The zero-order chi connectivity index (χ0) is 13.0. The molecule has 1 aromatic carbocycles. The average Bonchev–Trinajstić information content (AvgIpc) is 2.28. The maximum absolute atomic E-state index is 13.2. The lowest BCUT2D eigenvalue weighted by atomic mass is 10.0. The van der Waals surface area contributed by atoms with Crippen LogP contribution < -0.4 is 0 Å². The molecule has 0 fully saturated rings. The van der Waals surface area contributed by atoms with Gasteiger partial charge in [-0.2, -0.15) is 5.26 Å². The molecule has 0 saturated heterocycles. The van der Waals surface area contributed by atoms with Gasteiger partial charge in [0.25, 0.3) is 6.43 Å². The summed E-state index contributed by atoms with van der Waals surface area (Å²) in [6.45, 7) is 1.42. The number of rotatable bonds is 3. The van der Waals surface area contributed by atoms with E-state index in [0.29, 0.717) is 0 Å². The molecular formula is C11H8F3NO2. The van der Waals surface area contributed by atoms with Gasteiger partial charge in [-0.15, -0.1) is 0 Å². The van der Waals surface area contributed by atoms with Crippen LogP contribution in [0.5, 0.6) is 0 Å². The van der Waals surface area contributed by atoms with Crippen molar-refractivity contribution in [3.63, 3.8) is 0 Å². The highest BCUT2D eigenvalue weighted by molar-refractivity contribution is 5.94. The minimum Gasteiger partial charge on any atom is -0.462 e. The Morgan fingerprint density at radius 3 is 2.65 bits per heavy atom. The van der Waals surface area contributed by atoms with Crippen LogP contribution in [-0.4, -0.2) is 12.6 Å². The molecule has 0 aromatic heterocycles. The van der Waals surface area contributed by atoms with Crippen LogP contribution in [0, 0.1) is 17.1 Å². The minimum absolute atomic E-state index is 0.0527. The summed E-state index contributed by atoms with van der Waals surface area (Å²) >= 11 is 0. The van der Waals surface area contributed by atoms with Crippen molar-refractivity contribution in [2.45, 2.75) is 13.3 Å². The third-order valence-corrected chi connectivity index (χ3v) is 2.01. The van der Waals surface area contributed by atoms with Crippen LogP contribution in [0.2, 0.25) is 0 Å². The van der Waals surface area contributed by atoms with Gasteiger partial charge >= 0.3 is 5.97 Å². The molecule has 6 heteroatoms. The number of carbonyl (C=O) groups excluding carboxylic acids is 1. The fraction of sp³-hybridized carbons (Fsp3) is 0.273. The molecule has 90 valence electrons. The standard InChI is InChI=1S/C11H8F3NO2/c1-2-17-11(16)8-6(5-15)3-4-7(12)9(8)10(13)14/h3-4,10H,2H2,1H3. The Morgan fingerprint density at radius 1 is 1.53 bits per heavy atom. The van der Waals surface area contributed by atoms with E-state index in [4.69, 9.17) is 5.26 Å². The smallest absolute Gasteiger partial charge is 0.340 e. The van der Waals surface area contributed by atoms with Crippen LogP contribution in [0.25, 0.3) is 0 Å². The van der Waals surface area contributed by atoms with Crippen molar-refractivity contribution in [3.8, 4) is 6.07 Å². The van der Waals surface area contributed by atoms with E-state index in [9.17, 15) is 18.0 Å². The maximum atomic E-state index is 13.2. The first-order valence-corrected chi connectivity index (χ1v) is 4.70. The van der Waals surface area contributed by atoms with Crippen LogP contribution in [0.1, 0.15) is 34.8 Å². The third kappa shape index (κ3) is 2.56. The normalized spacial score (nSPS) is 10.1. The Morgan fingerprint density at radius 2 is 2.18 bits per heavy atom. The summed E-state index contributed by atoms with van der Waals surface area (Å²) in [5, 5.41) is 8.71. The number of ether oxygens (including phenoxy) is 1. The summed E-state index contributed by atoms with van der Waals surface area (Å²) < 4.78 is 43.0. The van der Waals surface area contributed by atoms with Gasteiger partial charge in [0.15, 0.2) is 0 Å². The zero-order valence-electron chi connectivity index (χ0n) is 8.84. The Bertz CT molecular complexity index is 480. The van der Waals surface area contributed by atoms with Gasteiger partial charge in [-0.05, 0) is 19.1 Å². The monoisotopic (exact) mass is 243 g/mol. The summed E-state index contributed by atoms with van der Waals surface area (Å²) in [7, 11) is 0. The fourth-order valence-corrected chi connectivity index (χ4v) is 1.32. The minimum atomic E-state index is -3.19. The van der Waals surface area contributed by atoms with Crippen molar-refractivity contribution >= 4 is 5.97 Å². The van der Waals surface area contributed by atoms with Crippen molar-refractivity contribution in [1.82, 2.24) is 0 Å². The molecule has 0 radical (unpaired) electrons. The topological polar surface area (TPSA) is 50.1 Å². The number of nitriles is 1. The van der Waals surface area contributed by atoms with Crippen LogP contribution >= 0.6 is 0 Å². The second-order valence-electron chi connectivity index (χ2n) is 3.02. The highest BCUT2D eigenvalue weighted by atomic mass is 19.3. The Labute approximate surface area is 95.4 Å². The largest absolute Gasteiger partial charge is 0.462 e. The zero-order valence-corrected chi connectivity index (χ0v) is 8.84. The van der Waals surface area contributed by atoms with Gasteiger partial charge in [0, 0.05) is 0 Å². The molecule has 0 aliphatic carbocycles. The number of benzene rings is 1. The van der Waals surface area contributed by atoms with E-state index in [1.165, 1.54) is 6.92 Å². The summed E-state index contributed by atoms with van der Waals surface area (Å²) in [4.78, 5) is 11.4. The number of hydrogen-bond donors (Lipinski definition) is 0. The van der Waals surface area contributed by atoms with Crippen molar-refractivity contribution in [1.29, 1.82) is 5.26 Å². The van der Waals surface area contributed by atoms with Gasteiger partial charge in [-0.25, -0.2) is 18.0 Å². The van der Waals surface area contributed by atoms with Gasteiger partial charge in [0.2, 0.25) is 0 Å². The van der Waals surface area contributed by atoms with Crippen molar-refractivity contribution in [2.75, 3.05) is 6.61 Å². The lowest BCUT2D eigenvalue weighted by Gasteiger charge is -2.10. The Hall–Kier alpha value is -2.03. The third-order valence-electron chi connectivity index (χ3n) is 2.01. The number of alkyl halides is 2. The van der Waals surface area contributed by atoms with E-state index in [2.05, 4.69) is 4.74 Å². The molecule has 0 unspecified atom stereocenters. The molecule has 0 heterocycles. The van der Waals surface area contributed by atoms with Crippen LogP contribution in [-0.2, 0) is 4.74 Å². The van der Waals surface area contributed by atoms with Crippen molar-refractivity contribution in [3.05, 3.63) is 34.6 Å². The van der Waals surface area contributed by atoms with Gasteiger partial charge < -0.3 is 4.74 Å². The average molecular weight is 243 g/mol. The predicted molar refractivity (Wildman–Crippen MR) is 52.0 cm³/mol. The summed E-state index contributed by atoms with van der Waals surface area (Å²) in [5.74, 6) is -2.36. The molecular weight excluding hydrogens is 235 g/mol. The first kappa shape index (κ1) is 13.0. The lowest BCUT2D eigenvalue weighted by molar-refractivity contribution is 0.0513. The van der Waals surface area contributed by atoms with E-state index in [1.54, 1.807) is 6.07 Å². The number of esters is 1. The molecule has 0 amide bonds. The summed E-state index contributed by atoms with van der Waals surface area (Å²) in [6.07, 6.45) is -3.19. The van der Waals surface area contributed by atoms with E-state index < -0.39 is 29.3 Å². The van der Waals surface area contributed by atoms with E-state index in [0.717, 1.165) is 12.1 Å². The van der Waals surface area contributed by atoms with Crippen LogP contribution in [0.15, 0.2) is 12.1 Å². The Balaban J connectivity index is 3.47. The molecule has 0 aliphatic heterocycles. The van der Waals surface area contributed by atoms with Crippen LogP contribution in [0.4, 0.5) is 13.2 Å². The first-order chi connectivity index (χ1) is 8.02. The van der Waals surface area contributed by atoms with Gasteiger partial charge in [-0.1, -0.05) is 0 Å². The van der Waals surface area contributed by atoms with Crippen molar-refractivity contribution in [2.24, 2.45) is 0 Å². The number of hydrogen-bond acceptors (Lipinski definition) is 3. The second kappa shape index (κ2) is 5.34. The van der Waals surface area contributed by atoms with Crippen LogP contribution in [0.3, 0.4) is 0 Å². The molecule has 0 spiro atoms. The molecule has 1 aromatic rings. The summed E-state index contributed by atoms with van der Waals surface area (Å²) in [6, 6.07) is 3.25. The molecule has 1 rings (SSSR count). The quantitative estimate of drug-likeness (QED) is 0.767. The van der Waals surface area contributed by atoms with Crippen molar-refractivity contribution < 1.29 is 22.7 Å². The highest BCUT2D eigenvalue weighted by Crippen LogP contribution is 2.28. The first-order valence-electron chi connectivity index (χ1n) is 4.70. The van der Waals surface area contributed by atoms with Gasteiger partial charge in [0.05, 0.1) is 23.3 Å². The molecule has 0 atom stereocenters. The van der Waals surface area contributed by atoms with E-state index in [-0.39, 0.29) is 12.2 Å². The van der Waals surface area contributed by atoms with E-state index in [1.807, 2.05) is 0 Å². The fourth-order valence-electron chi connectivity index (χ4n) is 1.32. The van der Waals surface area contributed by atoms with E-state index >= 15 is 0 Å². The van der Waals surface area contributed by atoms with Gasteiger partial charge in [-0.3, -0.25) is 0 Å². The molecule has 17 heavy (non-hydrogen) atoms. The molecule has 3 nitrogen and oxygen atoms in total. The molecule has 0 aliphatic rings. The number of nitrogens with zero attached hydrogens (tertiary/aromatic N) is 1. The lowest BCUT2D eigenvalue weighted by Crippen LogP contribution is -2.12. The maximum Gasteiger partial charge on any atom is 0.340 e. The molecule has 0 N–H and O–H groups in total. The number of carbonyl (C=O) groups is 1. The number of halogens is 3. The second-order valence-corrected chi connectivity index (χ2v) is 3.02. The SMILES string of the molecule is CCOC(=O)c1c(C#N)ccc(F)c1C(F)F. The molecule has 0 saturated carbocycles. The van der Waals surface area contributed by atoms with Gasteiger partial charge in [0.1, 0.15) is 11.9 Å². The Kier molecular flexibility index (Phi) is 4.10. The highest BCUT2D eigenvalue weighted by Gasteiger charge is 2.26. The molecule has 0 bridgehead atoms.